The number of aliphatic hydroxyl groups excluding tert-OH is 8. The molecule has 0 amide bonds. The van der Waals surface area contributed by atoms with Crippen molar-refractivity contribution in [3.8, 4) is 0 Å². The van der Waals surface area contributed by atoms with Gasteiger partial charge in [0.05, 0.1) is 32.5 Å². The predicted octanol–water partition coefficient (Wildman–Crippen LogP) is 1.94. The molecule has 57 heavy (non-hydrogen) atoms. The van der Waals surface area contributed by atoms with E-state index in [2.05, 4.69) is 47.6 Å². The molecule has 0 aromatic carbocycles. The van der Waals surface area contributed by atoms with Crippen molar-refractivity contribution in [2.45, 2.75) is 180 Å². The van der Waals surface area contributed by atoms with E-state index in [0.717, 1.165) is 58.5 Å². The van der Waals surface area contributed by atoms with Crippen molar-refractivity contribution in [3.05, 3.63) is 11.6 Å². The van der Waals surface area contributed by atoms with Gasteiger partial charge in [-0.1, -0.05) is 60.1 Å². The lowest BCUT2D eigenvalue weighted by Gasteiger charge is -2.72. The molecule has 8 N–H and O–H groups in total. The largest absolute Gasteiger partial charge is 0.467 e. The Bertz CT molecular complexity index is 1540. The second-order valence-electron chi connectivity index (χ2n) is 21.0. The quantitative estimate of drug-likeness (QED) is 0.105. The Hall–Kier alpha value is -1.27. The Kier molecular flexibility index (Phi) is 11.5. The molecule has 7 rings (SSSR count). The summed E-state index contributed by atoms with van der Waals surface area (Å²) in [6, 6.07) is 0. The van der Waals surface area contributed by atoms with Gasteiger partial charge in [-0.3, -0.25) is 0 Å². The summed E-state index contributed by atoms with van der Waals surface area (Å²) in [4.78, 5) is 12.8. The Labute approximate surface area is 336 Å². The van der Waals surface area contributed by atoms with Gasteiger partial charge in [0.15, 0.2) is 18.7 Å². The molecular weight excluding hydrogens is 740 g/mol. The summed E-state index contributed by atoms with van der Waals surface area (Å²) in [6.45, 7) is 15.3. The van der Waals surface area contributed by atoms with Gasteiger partial charge < -0.3 is 64.5 Å². The Balaban J connectivity index is 1.18. The van der Waals surface area contributed by atoms with Gasteiger partial charge in [0.25, 0.3) is 0 Å². The summed E-state index contributed by atoms with van der Waals surface area (Å²) >= 11 is 0. The third kappa shape index (κ3) is 6.52. The summed E-state index contributed by atoms with van der Waals surface area (Å²) in [6.07, 6.45) is -7.33. The zero-order valence-corrected chi connectivity index (χ0v) is 35.0. The maximum Gasteiger partial charge on any atom is 0.337 e. The molecule has 7 aliphatic rings. The van der Waals surface area contributed by atoms with E-state index in [1.54, 1.807) is 0 Å². The van der Waals surface area contributed by atoms with E-state index < -0.39 is 85.5 Å². The molecule has 20 unspecified atom stereocenters. The summed E-state index contributed by atoms with van der Waals surface area (Å²) in [7, 11) is 1.12. The maximum absolute atomic E-state index is 12.8. The summed E-state index contributed by atoms with van der Waals surface area (Å²) in [5.74, 6) is -0.317. The van der Waals surface area contributed by atoms with Gasteiger partial charge in [-0.25, -0.2) is 4.79 Å². The second kappa shape index (κ2) is 15.0. The Morgan fingerprint density at radius 3 is 2.11 bits per heavy atom. The van der Waals surface area contributed by atoms with Crippen LogP contribution >= 0.6 is 0 Å². The number of carbonyl (C=O) groups excluding carboxylic acids is 1. The summed E-state index contributed by atoms with van der Waals surface area (Å²) in [5.41, 5.74) is 0.369. The van der Waals surface area contributed by atoms with E-state index in [1.165, 1.54) is 5.57 Å². The van der Waals surface area contributed by atoms with E-state index in [-0.39, 0.29) is 45.7 Å². The van der Waals surface area contributed by atoms with Crippen molar-refractivity contribution in [3.63, 3.8) is 0 Å². The third-order valence-electron chi connectivity index (χ3n) is 17.6. The Morgan fingerprint density at radius 1 is 0.754 bits per heavy atom. The molecule has 14 nitrogen and oxygen atoms in total. The minimum absolute atomic E-state index is 0.00925. The molecule has 2 aliphatic heterocycles. The normalized spacial score (nSPS) is 54.7. The average molecular weight is 811 g/mol. The Morgan fingerprint density at radius 2 is 1.46 bits per heavy atom. The monoisotopic (exact) mass is 810 g/mol. The molecular formula is C43H70O14. The van der Waals surface area contributed by atoms with Crippen LogP contribution in [0.2, 0.25) is 0 Å². The summed E-state index contributed by atoms with van der Waals surface area (Å²) in [5, 5.41) is 86.7. The van der Waals surface area contributed by atoms with E-state index in [1.807, 2.05) is 6.92 Å². The van der Waals surface area contributed by atoms with Gasteiger partial charge in [-0.2, -0.15) is 0 Å². The second-order valence-corrected chi connectivity index (χ2v) is 21.0. The fourth-order valence-electron chi connectivity index (χ4n) is 13.8. The highest BCUT2D eigenvalue weighted by Crippen LogP contribution is 2.76. The zero-order valence-electron chi connectivity index (χ0n) is 35.0. The van der Waals surface area contributed by atoms with Crippen LogP contribution in [-0.4, -0.2) is 141 Å². The van der Waals surface area contributed by atoms with Crippen molar-refractivity contribution in [1.29, 1.82) is 0 Å². The number of carbonyl (C=O) groups is 1. The lowest BCUT2D eigenvalue weighted by Crippen LogP contribution is -2.68. The van der Waals surface area contributed by atoms with Crippen LogP contribution in [-0.2, 0) is 28.5 Å². The van der Waals surface area contributed by atoms with Gasteiger partial charge in [0.2, 0.25) is 0 Å². The molecule has 6 fully saturated rings. The van der Waals surface area contributed by atoms with Crippen molar-refractivity contribution >= 4 is 5.97 Å². The smallest absolute Gasteiger partial charge is 0.337 e. The fraction of sp³-hybridized carbons (Fsp3) is 0.930. The van der Waals surface area contributed by atoms with Crippen molar-refractivity contribution in [2.75, 3.05) is 20.3 Å². The highest BCUT2D eigenvalue weighted by molar-refractivity contribution is 5.75. The molecule has 0 aromatic rings. The lowest BCUT2D eigenvalue weighted by molar-refractivity contribution is -0.375. The molecule has 5 aliphatic carbocycles. The molecule has 4 saturated carbocycles. The van der Waals surface area contributed by atoms with E-state index in [4.69, 9.17) is 23.7 Å². The first-order valence-corrected chi connectivity index (χ1v) is 21.3. The van der Waals surface area contributed by atoms with Gasteiger partial charge in [-0.15, -0.1) is 0 Å². The molecule has 0 bridgehead atoms. The first-order chi connectivity index (χ1) is 26.6. The lowest BCUT2D eigenvalue weighted by atomic mass is 9.33. The number of rotatable bonds is 7. The molecule has 0 aromatic heterocycles. The third-order valence-corrected chi connectivity index (χ3v) is 17.6. The average Bonchev–Trinajstić information content (AvgIpc) is 3.16. The molecule has 2 heterocycles. The van der Waals surface area contributed by atoms with Crippen LogP contribution in [0.4, 0.5) is 0 Å². The number of allylic oxidation sites excluding steroid dienone is 2. The van der Waals surface area contributed by atoms with Crippen LogP contribution in [0.3, 0.4) is 0 Å². The molecule has 0 radical (unpaired) electrons. The number of aliphatic hydroxyl groups is 8. The molecule has 14 heteroatoms. The van der Waals surface area contributed by atoms with E-state index >= 15 is 0 Å². The number of esters is 1. The molecule has 20 atom stereocenters. The van der Waals surface area contributed by atoms with Crippen molar-refractivity contribution in [1.82, 2.24) is 0 Å². The predicted molar refractivity (Wildman–Crippen MR) is 204 cm³/mol. The minimum Gasteiger partial charge on any atom is -0.467 e. The van der Waals surface area contributed by atoms with Gasteiger partial charge >= 0.3 is 5.97 Å². The van der Waals surface area contributed by atoms with Gasteiger partial charge in [0.1, 0.15) is 42.7 Å². The number of methoxy groups -OCH3 is 1. The molecule has 0 spiro atoms. The fourth-order valence-corrected chi connectivity index (χ4v) is 13.8. The standard InChI is InChI=1S/C43H70O14/c1-38(2)17-22-21-9-10-25-40(4)13-12-27(41(5,20-45)24(40)11-14-43(25,7)42(21,6)16-15-39(22,3)26(46)18-38)55-37-34(31(50)30(49)33(56-37)35(52)53-8)57-36-32(51)29(48)28(47)23(19-44)54-36/h9,22-34,36-37,44-51H,10-20H2,1-8H3. The van der Waals surface area contributed by atoms with E-state index in [0.29, 0.717) is 18.3 Å². The van der Waals surface area contributed by atoms with E-state index in [9.17, 15) is 45.6 Å². The van der Waals surface area contributed by atoms with Gasteiger partial charge in [0, 0.05) is 10.8 Å². The first-order valence-electron chi connectivity index (χ1n) is 21.3. The molecule has 326 valence electrons. The number of ether oxygens (including phenoxy) is 5. The maximum atomic E-state index is 12.8. The van der Waals surface area contributed by atoms with Crippen molar-refractivity contribution < 1.29 is 69.3 Å². The zero-order chi connectivity index (χ0) is 41.8. The van der Waals surface area contributed by atoms with Crippen LogP contribution in [0.15, 0.2) is 11.6 Å². The number of fused-ring (bicyclic) bond motifs is 7. The number of hydrogen-bond donors (Lipinski definition) is 8. The molecule has 2 saturated heterocycles. The first kappa shape index (κ1) is 43.8. The highest BCUT2D eigenvalue weighted by Gasteiger charge is 2.69. The van der Waals surface area contributed by atoms with Crippen LogP contribution in [0.1, 0.15) is 106 Å². The summed E-state index contributed by atoms with van der Waals surface area (Å²) < 4.78 is 29.1. The minimum atomic E-state index is -1.84. The van der Waals surface area contributed by atoms with Crippen LogP contribution in [0.25, 0.3) is 0 Å². The SMILES string of the molecule is COC(=O)C1OC(OC2CCC3(C)C(CCC4(C)C3CC=C3C5CC(C)(C)CC(O)C5(C)CCC34C)C2(C)CO)C(OC2OC(CO)C(O)C(O)C2O)C(O)C1O. The highest BCUT2D eigenvalue weighted by atomic mass is 16.8. The number of hydrogen-bond acceptors (Lipinski definition) is 14. The topological polar surface area (TPSA) is 225 Å². The van der Waals surface area contributed by atoms with Gasteiger partial charge in [-0.05, 0) is 97.2 Å². The van der Waals surface area contributed by atoms with Crippen LogP contribution in [0.5, 0.6) is 0 Å². The van der Waals surface area contributed by atoms with Crippen LogP contribution < -0.4 is 0 Å². The van der Waals surface area contributed by atoms with Crippen LogP contribution in [0, 0.1) is 50.2 Å². The van der Waals surface area contributed by atoms with Crippen molar-refractivity contribution in [2.24, 2.45) is 50.2 Å².